The van der Waals surface area contributed by atoms with Crippen LogP contribution in [0.4, 0.5) is 0 Å². The molecule has 0 radical (unpaired) electrons. The Hall–Kier alpha value is -0.860. The summed E-state index contributed by atoms with van der Waals surface area (Å²) in [6.07, 6.45) is 1.10. The molecule has 1 N–H and O–H groups in total. The molecule has 11 heavy (non-hydrogen) atoms. The maximum absolute atomic E-state index is 10.8. The molecule has 3 heteroatoms. The molecule has 0 aromatic heterocycles. The molecule has 1 aliphatic heterocycles. The van der Waals surface area contributed by atoms with Crippen molar-refractivity contribution in [3.05, 3.63) is 0 Å². The first-order valence-corrected chi connectivity index (χ1v) is 4.06. The molecule has 3 nitrogen and oxygen atoms in total. The third-order valence-electron chi connectivity index (χ3n) is 1.46. The van der Waals surface area contributed by atoms with Crippen molar-refractivity contribution in [3.8, 4) is 0 Å². The van der Waals surface area contributed by atoms with E-state index in [0.717, 1.165) is 19.5 Å². The Labute approximate surface area is 67.9 Å². The maximum atomic E-state index is 10.8. The van der Waals surface area contributed by atoms with Gasteiger partial charge in [0.2, 0.25) is 0 Å². The number of likely N-dealkylation sites (tertiary alicyclic amines) is 1. The Morgan fingerprint density at radius 1 is 1.36 bits per heavy atom. The highest BCUT2D eigenvalue weighted by Crippen LogP contribution is 2.05. The second-order valence-corrected chi connectivity index (χ2v) is 2.27. The summed E-state index contributed by atoms with van der Waals surface area (Å²) in [4.78, 5) is 12.5. The number of hydrogen-bond donors (Lipinski definition) is 1. The van der Waals surface area contributed by atoms with Crippen molar-refractivity contribution in [2.45, 2.75) is 27.2 Å². The summed E-state index contributed by atoms with van der Waals surface area (Å²) >= 11 is 0. The first-order valence-electron chi connectivity index (χ1n) is 4.06. The van der Waals surface area contributed by atoms with Gasteiger partial charge in [-0.25, -0.2) is 0 Å². The second kappa shape index (κ2) is 4.88. The van der Waals surface area contributed by atoms with E-state index in [0.29, 0.717) is 0 Å². The molecule has 1 saturated heterocycles. The number of carbonyl (C=O) groups is 1. The van der Waals surface area contributed by atoms with Gasteiger partial charge in [0.1, 0.15) is 0 Å². The Morgan fingerprint density at radius 3 is 1.91 bits per heavy atom. The topological polar surface area (TPSA) is 44.2 Å². The van der Waals surface area contributed by atoms with Gasteiger partial charge in [0.15, 0.2) is 0 Å². The van der Waals surface area contributed by atoms with Crippen molar-refractivity contribution in [1.29, 1.82) is 5.41 Å². The third-order valence-corrected chi connectivity index (χ3v) is 1.46. The van der Waals surface area contributed by atoms with Crippen LogP contribution in [0.3, 0.4) is 0 Å². The molecule has 0 bridgehead atoms. The highest BCUT2D eigenvalue weighted by atomic mass is 16.2. The fourth-order valence-corrected chi connectivity index (χ4v) is 0.756. The summed E-state index contributed by atoms with van der Waals surface area (Å²) in [5.74, 6) is -0.110. The molecule has 0 spiro atoms. The second-order valence-electron chi connectivity index (χ2n) is 2.27. The number of rotatable bonds is 1. The molecule has 1 rings (SSSR count). The van der Waals surface area contributed by atoms with E-state index in [2.05, 4.69) is 0 Å². The Morgan fingerprint density at radius 2 is 1.82 bits per heavy atom. The Balaban J connectivity index is 0.000000461. The van der Waals surface area contributed by atoms with Crippen LogP contribution >= 0.6 is 0 Å². The minimum absolute atomic E-state index is 0.110. The fraction of sp³-hybridized carbons (Fsp3) is 0.750. The highest BCUT2D eigenvalue weighted by molar-refractivity contribution is 6.36. The van der Waals surface area contributed by atoms with Crippen LogP contribution < -0.4 is 0 Å². The number of hydrogen-bond acceptors (Lipinski definition) is 2. The quantitative estimate of drug-likeness (QED) is 0.571. The number of nitrogens with zero attached hydrogens (tertiary/aromatic N) is 1. The zero-order chi connectivity index (χ0) is 8.85. The van der Waals surface area contributed by atoms with Gasteiger partial charge in [-0.1, -0.05) is 13.8 Å². The summed E-state index contributed by atoms with van der Waals surface area (Å²) in [7, 11) is 0. The maximum Gasteiger partial charge on any atom is 0.267 e. The lowest BCUT2D eigenvalue weighted by Gasteiger charge is -2.30. The van der Waals surface area contributed by atoms with Crippen molar-refractivity contribution < 1.29 is 4.79 Å². The molecule has 0 saturated carbocycles. The van der Waals surface area contributed by atoms with Crippen LogP contribution in [-0.2, 0) is 4.79 Å². The van der Waals surface area contributed by atoms with Crippen LogP contribution in [-0.4, -0.2) is 29.6 Å². The predicted octanol–water partition coefficient (Wildman–Crippen LogP) is 1.28. The summed E-state index contributed by atoms with van der Waals surface area (Å²) in [6, 6.07) is 0. The number of carbonyl (C=O) groups excluding carboxylic acids is 1. The molecular formula is C8H16N2O. The largest absolute Gasteiger partial charge is 0.337 e. The molecule has 0 aromatic carbocycles. The van der Waals surface area contributed by atoms with Gasteiger partial charge in [-0.2, -0.15) is 0 Å². The molecule has 64 valence electrons. The Bertz CT molecular complexity index is 150. The van der Waals surface area contributed by atoms with E-state index in [1.807, 2.05) is 13.8 Å². The van der Waals surface area contributed by atoms with E-state index in [1.54, 1.807) is 4.90 Å². The van der Waals surface area contributed by atoms with E-state index in [4.69, 9.17) is 5.41 Å². The van der Waals surface area contributed by atoms with Crippen molar-refractivity contribution in [3.63, 3.8) is 0 Å². The van der Waals surface area contributed by atoms with E-state index >= 15 is 0 Å². The summed E-state index contributed by atoms with van der Waals surface area (Å²) in [5, 5.41) is 6.98. The fourth-order valence-electron chi connectivity index (χ4n) is 0.756. The van der Waals surface area contributed by atoms with Gasteiger partial charge in [0.25, 0.3) is 5.91 Å². The van der Waals surface area contributed by atoms with Gasteiger partial charge in [-0.3, -0.25) is 10.2 Å². The van der Waals surface area contributed by atoms with Crippen LogP contribution in [0.15, 0.2) is 0 Å². The van der Waals surface area contributed by atoms with Crippen molar-refractivity contribution in [2.24, 2.45) is 0 Å². The van der Waals surface area contributed by atoms with Crippen LogP contribution in [0.5, 0.6) is 0 Å². The van der Waals surface area contributed by atoms with Gasteiger partial charge in [0, 0.05) is 13.1 Å². The molecule has 1 amide bonds. The van der Waals surface area contributed by atoms with Crippen LogP contribution in [0.25, 0.3) is 0 Å². The van der Waals surface area contributed by atoms with E-state index in [1.165, 1.54) is 6.92 Å². The van der Waals surface area contributed by atoms with Gasteiger partial charge in [-0.15, -0.1) is 0 Å². The van der Waals surface area contributed by atoms with Gasteiger partial charge in [0.05, 0.1) is 5.71 Å². The first-order chi connectivity index (χ1) is 5.22. The monoisotopic (exact) mass is 156 g/mol. The van der Waals surface area contributed by atoms with Gasteiger partial charge >= 0.3 is 0 Å². The van der Waals surface area contributed by atoms with Crippen molar-refractivity contribution >= 4 is 11.6 Å². The molecule has 1 heterocycles. The lowest BCUT2D eigenvalue weighted by atomic mass is 10.2. The first kappa shape index (κ1) is 10.1. The van der Waals surface area contributed by atoms with Crippen molar-refractivity contribution in [1.82, 2.24) is 4.90 Å². The highest BCUT2D eigenvalue weighted by Gasteiger charge is 2.20. The summed E-state index contributed by atoms with van der Waals surface area (Å²) < 4.78 is 0. The zero-order valence-electron chi connectivity index (χ0n) is 7.48. The summed E-state index contributed by atoms with van der Waals surface area (Å²) in [5.41, 5.74) is 0.148. The molecule has 0 atom stereocenters. The molecule has 0 aromatic rings. The molecule has 0 unspecified atom stereocenters. The molecule has 1 fully saturated rings. The van der Waals surface area contributed by atoms with E-state index < -0.39 is 0 Å². The minimum Gasteiger partial charge on any atom is -0.337 e. The minimum atomic E-state index is -0.110. The van der Waals surface area contributed by atoms with Gasteiger partial charge in [-0.05, 0) is 13.3 Å². The average Bonchev–Trinajstić information content (AvgIpc) is 1.88. The Kier molecular flexibility index (Phi) is 4.50. The SMILES string of the molecule is CC.CC(=N)C(=O)N1CCC1. The molecule has 1 aliphatic rings. The van der Waals surface area contributed by atoms with Crippen molar-refractivity contribution in [2.75, 3.05) is 13.1 Å². The van der Waals surface area contributed by atoms with E-state index in [-0.39, 0.29) is 11.6 Å². The lowest BCUT2D eigenvalue weighted by Crippen LogP contribution is -2.44. The van der Waals surface area contributed by atoms with Crippen LogP contribution in [0, 0.1) is 5.41 Å². The zero-order valence-corrected chi connectivity index (χ0v) is 7.48. The number of amides is 1. The van der Waals surface area contributed by atoms with Gasteiger partial charge < -0.3 is 4.90 Å². The third kappa shape index (κ3) is 2.70. The standard InChI is InChI=1S/C6H10N2O.C2H6/c1-5(7)6(9)8-3-2-4-8;1-2/h7H,2-4H2,1H3;1-2H3. The summed E-state index contributed by atoms with van der Waals surface area (Å²) in [6.45, 7) is 7.21. The molecule has 0 aliphatic carbocycles. The van der Waals surface area contributed by atoms with Crippen LogP contribution in [0.1, 0.15) is 27.2 Å². The average molecular weight is 156 g/mol. The lowest BCUT2D eigenvalue weighted by molar-refractivity contribution is -0.127. The normalized spacial score (nSPS) is 14.3. The van der Waals surface area contributed by atoms with Crippen LogP contribution in [0.2, 0.25) is 0 Å². The predicted molar refractivity (Wildman–Crippen MR) is 45.9 cm³/mol. The smallest absolute Gasteiger partial charge is 0.267 e. The van der Waals surface area contributed by atoms with E-state index in [9.17, 15) is 4.79 Å². The molecular weight excluding hydrogens is 140 g/mol. The number of nitrogens with one attached hydrogen (secondary N) is 1.